The molecule has 1 fully saturated rings. The standard InChI is InChI=1S/C16H23FN2O2/c1-12-7-8-19(10-15(12)20)11-16(21)18(2)9-13-5-3-4-6-14(13)17/h3-6,12,15,20H,7-11H2,1-2H3. The molecule has 2 unspecified atom stereocenters. The number of benzene rings is 1. The molecule has 2 atom stereocenters. The van der Waals surface area contributed by atoms with E-state index >= 15 is 0 Å². The maximum absolute atomic E-state index is 13.6. The first kappa shape index (κ1) is 15.9. The zero-order chi connectivity index (χ0) is 15.4. The van der Waals surface area contributed by atoms with E-state index in [1.165, 1.54) is 11.0 Å². The van der Waals surface area contributed by atoms with Gasteiger partial charge in [0.2, 0.25) is 5.91 Å². The molecule has 0 aromatic heterocycles. The molecule has 1 amide bonds. The normalized spacial score (nSPS) is 23.0. The molecule has 1 heterocycles. The second kappa shape index (κ2) is 7.00. The minimum atomic E-state index is -0.372. The van der Waals surface area contributed by atoms with Gasteiger partial charge in [-0.25, -0.2) is 4.39 Å². The quantitative estimate of drug-likeness (QED) is 0.915. The lowest BCUT2D eigenvalue weighted by Crippen LogP contribution is -2.47. The van der Waals surface area contributed by atoms with Crippen molar-refractivity contribution in [1.29, 1.82) is 0 Å². The molecular weight excluding hydrogens is 271 g/mol. The van der Waals surface area contributed by atoms with Crippen molar-refractivity contribution < 1.29 is 14.3 Å². The van der Waals surface area contributed by atoms with Gasteiger partial charge in [0.05, 0.1) is 12.6 Å². The second-order valence-electron chi connectivity index (χ2n) is 5.91. The highest BCUT2D eigenvalue weighted by atomic mass is 19.1. The Morgan fingerprint density at radius 1 is 1.48 bits per heavy atom. The largest absolute Gasteiger partial charge is 0.392 e. The monoisotopic (exact) mass is 294 g/mol. The van der Waals surface area contributed by atoms with Gasteiger partial charge in [-0.2, -0.15) is 0 Å². The number of aliphatic hydroxyl groups is 1. The van der Waals surface area contributed by atoms with Gasteiger partial charge in [0.15, 0.2) is 0 Å². The van der Waals surface area contributed by atoms with E-state index in [9.17, 15) is 14.3 Å². The predicted octanol–water partition coefficient (Wildman–Crippen LogP) is 1.49. The van der Waals surface area contributed by atoms with E-state index in [2.05, 4.69) is 0 Å². The lowest BCUT2D eigenvalue weighted by molar-refractivity contribution is -0.132. The average Bonchev–Trinajstić information content (AvgIpc) is 2.45. The van der Waals surface area contributed by atoms with Gasteiger partial charge in [-0.3, -0.25) is 9.69 Å². The molecule has 5 heteroatoms. The van der Waals surface area contributed by atoms with E-state index in [1.54, 1.807) is 25.2 Å². The summed E-state index contributed by atoms with van der Waals surface area (Å²) in [6, 6.07) is 6.48. The summed E-state index contributed by atoms with van der Waals surface area (Å²) in [7, 11) is 1.68. The van der Waals surface area contributed by atoms with Crippen molar-refractivity contribution in [3.8, 4) is 0 Å². The third-order valence-corrected chi connectivity index (χ3v) is 4.15. The van der Waals surface area contributed by atoms with Crippen molar-refractivity contribution in [2.45, 2.75) is 26.0 Å². The highest BCUT2D eigenvalue weighted by molar-refractivity contribution is 5.78. The number of β-amino-alcohol motifs (C(OH)–C–C–N with tert-alkyl or cyclic N) is 1. The molecule has 116 valence electrons. The van der Waals surface area contributed by atoms with Gasteiger partial charge in [-0.05, 0) is 24.9 Å². The van der Waals surface area contributed by atoms with Gasteiger partial charge in [0.25, 0.3) is 0 Å². The third kappa shape index (κ3) is 4.25. The van der Waals surface area contributed by atoms with Crippen LogP contribution in [0.3, 0.4) is 0 Å². The van der Waals surface area contributed by atoms with Crippen molar-refractivity contribution >= 4 is 5.91 Å². The molecule has 0 radical (unpaired) electrons. The number of likely N-dealkylation sites (N-methyl/N-ethyl adjacent to an activating group) is 1. The predicted molar refractivity (Wildman–Crippen MR) is 79.1 cm³/mol. The summed E-state index contributed by atoms with van der Waals surface area (Å²) >= 11 is 0. The number of carbonyl (C=O) groups excluding carboxylic acids is 1. The molecule has 1 aromatic carbocycles. The fourth-order valence-corrected chi connectivity index (χ4v) is 2.54. The zero-order valence-corrected chi connectivity index (χ0v) is 12.6. The van der Waals surface area contributed by atoms with Gasteiger partial charge in [0.1, 0.15) is 5.82 Å². The molecule has 0 aliphatic carbocycles. The van der Waals surface area contributed by atoms with E-state index in [0.29, 0.717) is 12.1 Å². The number of hydrogen-bond acceptors (Lipinski definition) is 3. The Bertz CT molecular complexity index is 495. The van der Waals surface area contributed by atoms with Crippen LogP contribution in [0.15, 0.2) is 24.3 Å². The highest BCUT2D eigenvalue weighted by Gasteiger charge is 2.26. The van der Waals surface area contributed by atoms with Crippen molar-refractivity contribution in [3.63, 3.8) is 0 Å². The van der Waals surface area contributed by atoms with Gasteiger partial charge in [-0.15, -0.1) is 0 Å². The third-order valence-electron chi connectivity index (χ3n) is 4.15. The van der Waals surface area contributed by atoms with E-state index < -0.39 is 0 Å². The van der Waals surface area contributed by atoms with Crippen molar-refractivity contribution in [2.24, 2.45) is 5.92 Å². The molecule has 21 heavy (non-hydrogen) atoms. The molecular formula is C16H23FN2O2. The minimum Gasteiger partial charge on any atom is -0.392 e. The molecule has 0 saturated carbocycles. The number of amides is 1. The lowest BCUT2D eigenvalue weighted by atomic mass is 9.96. The van der Waals surface area contributed by atoms with Crippen LogP contribution >= 0.6 is 0 Å². The summed E-state index contributed by atoms with van der Waals surface area (Å²) in [4.78, 5) is 15.7. The SMILES string of the molecule is CC1CCN(CC(=O)N(C)Cc2ccccc2F)CC1O. The fourth-order valence-electron chi connectivity index (χ4n) is 2.54. The average molecular weight is 294 g/mol. The Hall–Kier alpha value is -1.46. The van der Waals surface area contributed by atoms with Crippen LogP contribution in [0.4, 0.5) is 4.39 Å². The second-order valence-corrected chi connectivity index (χ2v) is 5.91. The summed E-state index contributed by atoms with van der Waals surface area (Å²) in [6.07, 6.45) is 0.522. The number of aliphatic hydroxyl groups excluding tert-OH is 1. The van der Waals surface area contributed by atoms with Crippen LogP contribution in [0, 0.1) is 11.7 Å². The zero-order valence-electron chi connectivity index (χ0n) is 12.6. The number of hydrogen-bond donors (Lipinski definition) is 1. The first-order chi connectivity index (χ1) is 9.97. The van der Waals surface area contributed by atoms with E-state index in [-0.39, 0.29) is 36.8 Å². The molecule has 1 aliphatic rings. The van der Waals surface area contributed by atoms with Crippen LogP contribution in [0.5, 0.6) is 0 Å². The summed E-state index contributed by atoms with van der Waals surface area (Å²) < 4.78 is 13.6. The first-order valence-corrected chi connectivity index (χ1v) is 7.35. The Morgan fingerprint density at radius 2 is 2.19 bits per heavy atom. The van der Waals surface area contributed by atoms with Gasteiger partial charge in [0, 0.05) is 25.7 Å². The van der Waals surface area contributed by atoms with Gasteiger partial charge in [-0.1, -0.05) is 25.1 Å². The number of likely N-dealkylation sites (tertiary alicyclic amines) is 1. The van der Waals surface area contributed by atoms with Crippen molar-refractivity contribution in [3.05, 3.63) is 35.6 Å². The summed E-state index contributed by atoms with van der Waals surface area (Å²) in [5, 5.41) is 9.86. The smallest absolute Gasteiger partial charge is 0.236 e. The number of carbonyl (C=O) groups is 1. The molecule has 1 saturated heterocycles. The topological polar surface area (TPSA) is 43.8 Å². The van der Waals surface area contributed by atoms with E-state index in [0.717, 1.165) is 13.0 Å². The van der Waals surface area contributed by atoms with Crippen molar-refractivity contribution in [2.75, 3.05) is 26.7 Å². The Morgan fingerprint density at radius 3 is 2.86 bits per heavy atom. The summed E-state index contributed by atoms with van der Waals surface area (Å²) in [5.41, 5.74) is 0.514. The number of nitrogens with zero attached hydrogens (tertiary/aromatic N) is 2. The molecule has 2 rings (SSSR count). The molecule has 4 nitrogen and oxygen atoms in total. The number of rotatable bonds is 4. The molecule has 0 bridgehead atoms. The fraction of sp³-hybridized carbons (Fsp3) is 0.562. The Balaban J connectivity index is 1.87. The first-order valence-electron chi connectivity index (χ1n) is 7.35. The van der Waals surface area contributed by atoms with Crippen LogP contribution in [-0.2, 0) is 11.3 Å². The van der Waals surface area contributed by atoms with E-state index in [1.807, 2.05) is 11.8 Å². The van der Waals surface area contributed by atoms with Gasteiger partial charge >= 0.3 is 0 Å². The number of piperidine rings is 1. The Labute approximate surface area is 125 Å². The number of halogens is 1. The van der Waals surface area contributed by atoms with Crippen molar-refractivity contribution in [1.82, 2.24) is 9.80 Å². The summed E-state index contributed by atoms with van der Waals surface area (Å²) in [6.45, 7) is 3.90. The maximum atomic E-state index is 13.6. The molecule has 0 spiro atoms. The maximum Gasteiger partial charge on any atom is 0.236 e. The molecule has 1 aliphatic heterocycles. The molecule has 1 aromatic rings. The van der Waals surface area contributed by atoms with Crippen LogP contribution < -0.4 is 0 Å². The highest BCUT2D eigenvalue weighted by Crippen LogP contribution is 2.17. The Kier molecular flexibility index (Phi) is 5.31. The van der Waals surface area contributed by atoms with Gasteiger partial charge < -0.3 is 10.0 Å². The molecule has 1 N–H and O–H groups in total. The van der Waals surface area contributed by atoms with Crippen LogP contribution in [0.1, 0.15) is 18.9 Å². The lowest BCUT2D eigenvalue weighted by Gasteiger charge is -2.34. The minimum absolute atomic E-state index is 0.0555. The van der Waals surface area contributed by atoms with Crippen LogP contribution in [0.2, 0.25) is 0 Å². The summed E-state index contributed by atoms with van der Waals surface area (Å²) in [5.74, 6) is -0.0631. The van der Waals surface area contributed by atoms with E-state index in [4.69, 9.17) is 0 Å². The van der Waals surface area contributed by atoms with Crippen LogP contribution in [0.25, 0.3) is 0 Å². The van der Waals surface area contributed by atoms with Crippen LogP contribution in [-0.4, -0.2) is 53.6 Å².